The van der Waals surface area contributed by atoms with Gasteiger partial charge in [-0.1, -0.05) is 17.7 Å². The molecule has 1 saturated heterocycles. The largest absolute Gasteiger partial charge is 0.352 e. The topological polar surface area (TPSA) is 73.3 Å². The number of benzene rings is 1. The lowest BCUT2D eigenvalue weighted by molar-refractivity contribution is 0.628. The predicted octanol–water partition coefficient (Wildman–Crippen LogP) is 3.98. The molecule has 10 heteroatoms. The van der Waals surface area contributed by atoms with Crippen LogP contribution in [0, 0.1) is 5.82 Å². The van der Waals surface area contributed by atoms with Gasteiger partial charge in [-0.15, -0.1) is 0 Å². The molecule has 1 fully saturated rings. The molecule has 3 heterocycles. The number of pyridine rings is 1. The van der Waals surface area contributed by atoms with Crippen molar-refractivity contribution in [1.29, 1.82) is 0 Å². The van der Waals surface area contributed by atoms with Crippen molar-refractivity contribution in [3.8, 4) is 0 Å². The molecule has 4 rings (SSSR count). The summed E-state index contributed by atoms with van der Waals surface area (Å²) in [6.07, 6.45) is 1.75. The van der Waals surface area contributed by atoms with E-state index in [1.165, 1.54) is 12.1 Å². The van der Waals surface area contributed by atoms with E-state index in [1.807, 2.05) is 12.1 Å². The van der Waals surface area contributed by atoms with Crippen molar-refractivity contribution in [3.05, 3.63) is 53.4 Å². The normalized spacial score (nSPS) is 13.9. The van der Waals surface area contributed by atoms with Crippen LogP contribution in [-0.2, 0) is 0 Å². The highest BCUT2D eigenvalue weighted by Crippen LogP contribution is 2.25. The molecule has 0 bridgehead atoms. The van der Waals surface area contributed by atoms with Crippen LogP contribution >= 0.6 is 11.6 Å². The fourth-order valence-corrected chi connectivity index (χ4v) is 3.86. The lowest BCUT2D eigenvalue weighted by Crippen LogP contribution is -2.47. The van der Waals surface area contributed by atoms with Gasteiger partial charge in [-0.3, -0.25) is 0 Å². The Morgan fingerprint density at radius 2 is 1.75 bits per heavy atom. The molecule has 1 aromatic carbocycles. The first-order chi connectivity index (χ1) is 15.6. The van der Waals surface area contributed by atoms with Gasteiger partial charge in [0.15, 0.2) is 0 Å². The number of hydrogen-bond acceptors (Lipinski definition) is 8. The van der Waals surface area contributed by atoms with E-state index in [-0.39, 0.29) is 5.82 Å². The second-order valence-corrected chi connectivity index (χ2v) is 7.76. The van der Waals surface area contributed by atoms with Gasteiger partial charge in [-0.25, -0.2) is 9.37 Å². The molecule has 0 spiro atoms. The van der Waals surface area contributed by atoms with Crippen LogP contribution in [0.25, 0.3) is 0 Å². The van der Waals surface area contributed by atoms with Gasteiger partial charge in [0.2, 0.25) is 17.8 Å². The maximum Gasteiger partial charge on any atom is 0.233 e. The maximum absolute atomic E-state index is 13.6. The summed E-state index contributed by atoms with van der Waals surface area (Å²) >= 11 is 6.32. The molecule has 0 saturated carbocycles. The van der Waals surface area contributed by atoms with E-state index in [2.05, 4.69) is 48.8 Å². The maximum atomic E-state index is 13.6. The SMILES string of the molecule is CCN(CC)c1nc(Nc2cccc(F)c2)nc(N2CCN(c3ncccc3Cl)CC2)n1. The standard InChI is InChI=1S/C22H26ClFN8/c1-3-30(4-2)21-27-20(26-17-8-5-7-16(24)15-17)28-22(29-21)32-13-11-31(12-14-32)19-18(23)9-6-10-25-19/h5-10,15H,3-4,11-14H2,1-2H3,(H,26,27,28,29). The van der Waals surface area contributed by atoms with Crippen molar-refractivity contribution in [2.24, 2.45) is 0 Å². The zero-order valence-electron chi connectivity index (χ0n) is 18.2. The second kappa shape index (κ2) is 9.95. The minimum Gasteiger partial charge on any atom is -0.352 e. The number of hydrogen-bond donors (Lipinski definition) is 1. The first kappa shape index (κ1) is 22.0. The summed E-state index contributed by atoms with van der Waals surface area (Å²) < 4.78 is 13.6. The lowest BCUT2D eigenvalue weighted by Gasteiger charge is -2.36. The Hall–Kier alpha value is -3.20. The first-order valence-electron chi connectivity index (χ1n) is 10.7. The summed E-state index contributed by atoms with van der Waals surface area (Å²) in [5.41, 5.74) is 0.585. The Morgan fingerprint density at radius 3 is 2.44 bits per heavy atom. The van der Waals surface area contributed by atoms with Crippen molar-refractivity contribution in [2.75, 3.05) is 59.3 Å². The minimum atomic E-state index is -0.322. The molecule has 0 aliphatic carbocycles. The molecule has 1 aliphatic heterocycles. The molecule has 8 nitrogen and oxygen atoms in total. The quantitative estimate of drug-likeness (QED) is 0.572. The third-order valence-corrected chi connectivity index (χ3v) is 5.63. The van der Waals surface area contributed by atoms with E-state index < -0.39 is 0 Å². The van der Waals surface area contributed by atoms with Crippen LogP contribution < -0.4 is 20.0 Å². The van der Waals surface area contributed by atoms with Gasteiger partial charge in [0.25, 0.3) is 0 Å². The van der Waals surface area contributed by atoms with Crippen LogP contribution in [0.1, 0.15) is 13.8 Å². The van der Waals surface area contributed by atoms with Crippen molar-refractivity contribution in [3.63, 3.8) is 0 Å². The van der Waals surface area contributed by atoms with Crippen molar-refractivity contribution < 1.29 is 4.39 Å². The highest BCUT2D eigenvalue weighted by molar-refractivity contribution is 6.32. The van der Waals surface area contributed by atoms with E-state index in [0.29, 0.717) is 41.6 Å². The third-order valence-electron chi connectivity index (χ3n) is 5.34. The zero-order chi connectivity index (χ0) is 22.5. The van der Waals surface area contributed by atoms with E-state index in [1.54, 1.807) is 18.3 Å². The number of halogens is 2. The second-order valence-electron chi connectivity index (χ2n) is 7.35. The number of rotatable bonds is 7. The molecule has 32 heavy (non-hydrogen) atoms. The number of aromatic nitrogens is 4. The smallest absolute Gasteiger partial charge is 0.233 e. The summed E-state index contributed by atoms with van der Waals surface area (Å²) in [6, 6.07) is 9.92. The minimum absolute atomic E-state index is 0.322. The van der Waals surface area contributed by atoms with Crippen LogP contribution in [0.5, 0.6) is 0 Å². The molecule has 0 unspecified atom stereocenters. The molecule has 1 N–H and O–H groups in total. The Morgan fingerprint density at radius 1 is 1.00 bits per heavy atom. The monoisotopic (exact) mass is 456 g/mol. The van der Waals surface area contributed by atoms with Gasteiger partial charge < -0.3 is 20.0 Å². The van der Waals surface area contributed by atoms with Gasteiger partial charge >= 0.3 is 0 Å². The number of anilines is 5. The van der Waals surface area contributed by atoms with Crippen molar-refractivity contribution in [2.45, 2.75) is 13.8 Å². The average Bonchev–Trinajstić information content (AvgIpc) is 2.80. The summed E-state index contributed by atoms with van der Waals surface area (Å²) in [4.78, 5) is 24.7. The lowest BCUT2D eigenvalue weighted by atomic mass is 10.3. The van der Waals surface area contributed by atoms with Crippen LogP contribution in [0.15, 0.2) is 42.6 Å². The first-order valence-corrected chi connectivity index (χ1v) is 11.1. The molecule has 0 radical (unpaired) electrons. The fourth-order valence-electron chi connectivity index (χ4n) is 3.62. The summed E-state index contributed by atoms with van der Waals surface area (Å²) in [7, 11) is 0. The van der Waals surface area contributed by atoms with Crippen LogP contribution in [0.2, 0.25) is 5.02 Å². The number of nitrogens with zero attached hydrogens (tertiary/aromatic N) is 7. The summed E-state index contributed by atoms with van der Waals surface area (Å²) in [6.45, 7) is 8.58. The Bertz CT molecular complexity index is 1050. The van der Waals surface area contributed by atoms with E-state index in [0.717, 1.165) is 32.0 Å². The Labute approximate surface area is 192 Å². The van der Waals surface area contributed by atoms with E-state index in [4.69, 9.17) is 16.6 Å². The highest BCUT2D eigenvalue weighted by atomic mass is 35.5. The van der Waals surface area contributed by atoms with Crippen molar-refractivity contribution in [1.82, 2.24) is 19.9 Å². The number of nitrogens with one attached hydrogen (secondary N) is 1. The molecule has 168 valence electrons. The van der Waals surface area contributed by atoms with Crippen LogP contribution in [0.3, 0.4) is 0 Å². The third kappa shape index (κ3) is 4.99. The fraction of sp³-hybridized carbons (Fsp3) is 0.364. The molecule has 0 amide bonds. The molecule has 3 aromatic rings. The Kier molecular flexibility index (Phi) is 6.84. The zero-order valence-corrected chi connectivity index (χ0v) is 18.9. The van der Waals surface area contributed by atoms with Gasteiger partial charge in [0.1, 0.15) is 11.6 Å². The Balaban J connectivity index is 1.57. The van der Waals surface area contributed by atoms with Gasteiger partial charge in [0.05, 0.1) is 5.02 Å². The molecule has 2 aromatic heterocycles. The molecular formula is C22H26ClFN8. The molecular weight excluding hydrogens is 431 g/mol. The number of piperazine rings is 1. The van der Waals surface area contributed by atoms with Crippen molar-refractivity contribution >= 4 is 41.0 Å². The van der Waals surface area contributed by atoms with Crippen LogP contribution in [0.4, 0.5) is 33.7 Å². The average molecular weight is 457 g/mol. The van der Waals surface area contributed by atoms with E-state index in [9.17, 15) is 4.39 Å². The molecule has 0 atom stereocenters. The molecule has 1 aliphatic rings. The summed E-state index contributed by atoms with van der Waals surface area (Å²) in [5, 5.41) is 3.76. The summed E-state index contributed by atoms with van der Waals surface area (Å²) in [5.74, 6) is 2.04. The van der Waals surface area contributed by atoms with Crippen LogP contribution in [-0.4, -0.2) is 59.2 Å². The predicted molar refractivity (Wildman–Crippen MR) is 127 cm³/mol. The van der Waals surface area contributed by atoms with Gasteiger partial charge in [0, 0.05) is 51.2 Å². The van der Waals surface area contributed by atoms with Gasteiger partial charge in [-0.2, -0.15) is 15.0 Å². The van der Waals surface area contributed by atoms with Gasteiger partial charge in [-0.05, 0) is 44.2 Å². The highest BCUT2D eigenvalue weighted by Gasteiger charge is 2.23. The van der Waals surface area contributed by atoms with E-state index >= 15 is 0 Å².